The molecule has 4 nitrogen and oxygen atoms in total. The van der Waals surface area contributed by atoms with E-state index in [2.05, 4.69) is 0 Å². The summed E-state index contributed by atoms with van der Waals surface area (Å²) in [7, 11) is 3.27. The highest BCUT2D eigenvalue weighted by molar-refractivity contribution is 5.77. The summed E-state index contributed by atoms with van der Waals surface area (Å²) in [6.07, 6.45) is 0. The second kappa shape index (κ2) is 6.91. The first kappa shape index (κ1) is 13.5. The minimum Gasteiger partial charge on any atom is -0.494 e. The van der Waals surface area contributed by atoms with Crippen LogP contribution in [0.2, 0.25) is 0 Å². The summed E-state index contributed by atoms with van der Waals surface area (Å²) >= 11 is 0. The number of rotatable bonds is 6. The Morgan fingerprint density at radius 1 is 1.35 bits per heavy atom. The highest BCUT2D eigenvalue weighted by atomic mass is 16.5. The first-order valence-corrected chi connectivity index (χ1v) is 5.62. The number of nitrogens with zero attached hydrogens (tertiary/aromatic N) is 1. The number of amides is 1. The summed E-state index contributed by atoms with van der Waals surface area (Å²) in [4.78, 5) is 13.2. The average molecular weight is 237 g/mol. The van der Waals surface area contributed by atoms with Gasteiger partial charge in [0.05, 0.1) is 6.61 Å². The lowest BCUT2D eigenvalue weighted by Crippen LogP contribution is -2.29. The van der Waals surface area contributed by atoms with Gasteiger partial charge in [-0.25, -0.2) is 0 Å². The number of carbonyl (C=O) groups is 1. The van der Waals surface area contributed by atoms with Gasteiger partial charge in [-0.2, -0.15) is 0 Å². The van der Waals surface area contributed by atoms with Crippen LogP contribution in [0.1, 0.15) is 12.5 Å². The zero-order chi connectivity index (χ0) is 12.7. The molecule has 0 saturated carbocycles. The third-order valence-electron chi connectivity index (χ3n) is 2.37. The van der Waals surface area contributed by atoms with Gasteiger partial charge in [0.15, 0.2) is 0 Å². The minimum atomic E-state index is -0.0428. The van der Waals surface area contributed by atoms with E-state index in [-0.39, 0.29) is 12.5 Å². The van der Waals surface area contributed by atoms with Gasteiger partial charge in [-0.05, 0) is 13.0 Å². The average Bonchev–Trinajstić information content (AvgIpc) is 2.32. The van der Waals surface area contributed by atoms with E-state index in [1.807, 2.05) is 31.2 Å². The molecule has 0 spiro atoms. The summed E-state index contributed by atoms with van der Waals surface area (Å²) in [5.74, 6) is 0.783. The molecule has 17 heavy (non-hydrogen) atoms. The maximum absolute atomic E-state index is 11.6. The quantitative estimate of drug-likeness (QED) is 0.755. The van der Waals surface area contributed by atoms with Crippen LogP contribution in [0.4, 0.5) is 0 Å². The lowest BCUT2D eigenvalue weighted by atomic mass is 10.2. The second-order valence-corrected chi connectivity index (χ2v) is 3.72. The fourth-order valence-electron chi connectivity index (χ4n) is 1.51. The van der Waals surface area contributed by atoms with E-state index in [4.69, 9.17) is 9.47 Å². The standard InChI is InChI=1S/C13H19NO3/c1-4-17-12-8-6-5-7-11(12)9-14(2)13(15)10-16-3/h5-8H,4,9-10H2,1-3H3. The number of methoxy groups -OCH3 is 1. The van der Waals surface area contributed by atoms with E-state index in [9.17, 15) is 4.79 Å². The molecule has 0 unspecified atom stereocenters. The largest absolute Gasteiger partial charge is 0.494 e. The van der Waals surface area contributed by atoms with Crippen molar-refractivity contribution in [1.29, 1.82) is 0 Å². The van der Waals surface area contributed by atoms with Crippen LogP contribution in [-0.2, 0) is 16.1 Å². The van der Waals surface area contributed by atoms with E-state index >= 15 is 0 Å². The Balaban J connectivity index is 2.70. The van der Waals surface area contributed by atoms with Crippen LogP contribution in [0.5, 0.6) is 5.75 Å². The van der Waals surface area contributed by atoms with Gasteiger partial charge in [0, 0.05) is 26.3 Å². The van der Waals surface area contributed by atoms with Gasteiger partial charge in [0.1, 0.15) is 12.4 Å². The summed E-state index contributed by atoms with van der Waals surface area (Å²) < 4.78 is 10.3. The zero-order valence-corrected chi connectivity index (χ0v) is 10.6. The number of hydrogen-bond donors (Lipinski definition) is 0. The molecule has 0 saturated heterocycles. The maximum Gasteiger partial charge on any atom is 0.248 e. The first-order valence-electron chi connectivity index (χ1n) is 5.62. The number of likely N-dealkylation sites (N-methyl/N-ethyl adjacent to an activating group) is 1. The Morgan fingerprint density at radius 2 is 2.06 bits per heavy atom. The Bertz CT molecular complexity index is 365. The summed E-state index contributed by atoms with van der Waals surface area (Å²) in [5.41, 5.74) is 1.00. The molecular formula is C13H19NO3. The van der Waals surface area contributed by atoms with Crippen LogP contribution in [0.15, 0.2) is 24.3 Å². The monoisotopic (exact) mass is 237 g/mol. The van der Waals surface area contributed by atoms with Gasteiger partial charge in [-0.15, -0.1) is 0 Å². The number of ether oxygens (including phenoxy) is 2. The minimum absolute atomic E-state index is 0.0428. The molecule has 1 aromatic rings. The van der Waals surface area contributed by atoms with Crippen molar-refractivity contribution < 1.29 is 14.3 Å². The van der Waals surface area contributed by atoms with Crippen molar-refractivity contribution in [1.82, 2.24) is 4.90 Å². The summed E-state index contributed by atoms with van der Waals surface area (Å²) in [6.45, 7) is 3.19. The van der Waals surface area contributed by atoms with Gasteiger partial charge < -0.3 is 14.4 Å². The fraction of sp³-hybridized carbons (Fsp3) is 0.462. The van der Waals surface area contributed by atoms with E-state index in [1.165, 1.54) is 7.11 Å². The van der Waals surface area contributed by atoms with Crippen LogP contribution >= 0.6 is 0 Å². The molecule has 4 heteroatoms. The van der Waals surface area contributed by atoms with Crippen molar-refractivity contribution in [2.75, 3.05) is 27.4 Å². The molecule has 0 bridgehead atoms. The molecule has 0 aliphatic carbocycles. The van der Waals surface area contributed by atoms with Crippen molar-refractivity contribution in [2.24, 2.45) is 0 Å². The topological polar surface area (TPSA) is 38.8 Å². The normalized spacial score (nSPS) is 10.1. The molecule has 0 aromatic heterocycles. The molecule has 94 valence electrons. The lowest BCUT2D eigenvalue weighted by molar-refractivity contribution is -0.134. The fourth-order valence-corrected chi connectivity index (χ4v) is 1.51. The van der Waals surface area contributed by atoms with Crippen LogP contribution in [0.3, 0.4) is 0 Å². The van der Waals surface area contributed by atoms with Gasteiger partial charge in [0.25, 0.3) is 0 Å². The Kier molecular flexibility index (Phi) is 5.49. The van der Waals surface area contributed by atoms with Crippen LogP contribution < -0.4 is 4.74 Å². The van der Waals surface area contributed by atoms with Crippen molar-refractivity contribution >= 4 is 5.91 Å². The predicted octanol–water partition coefficient (Wildman–Crippen LogP) is 1.69. The molecule has 1 amide bonds. The van der Waals surface area contributed by atoms with E-state index < -0.39 is 0 Å². The first-order chi connectivity index (χ1) is 8.19. The zero-order valence-electron chi connectivity index (χ0n) is 10.6. The van der Waals surface area contributed by atoms with Crippen LogP contribution in [0.25, 0.3) is 0 Å². The Morgan fingerprint density at radius 3 is 2.71 bits per heavy atom. The van der Waals surface area contributed by atoms with Crippen molar-refractivity contribution in [3.05, 3.63) is 29.8 Å². The van der Waals surface area contributed by atoms with Gasteiger partial charge >= 0.3 is 0 Å². The van der Waals surface area contributed by atoms with E-state index in [0.29, 0.717) is 13.2 Å². The molecule has 0 N–H and O–H groups in total. The van der Waals surface area contributed by atoms with E-state index in [0.717, 1.165) is 11.3 Å². The number of benzene rings is 1. The third kappa shape index (κ3) is 4.07. The summed E-state index contributed by atoms with van der Waals surface area (Å²) in [5, 5.41) is 0. The number of hydrogen-bond acceptors (Lipinski definition) is 3. The van der Waals surface area contributed by atoms with Crippen molar-refractivity contribution in [3.8, 4) is 5.75 Å². The van der Waals surface area contributed by atoms with Gasteiger partial charge in [-0.1, -0.05) is 18.2 Å². The van der Waals surface area contributed by atoms with Crippen LogP contribution in [-0.4, -0.2) is 38.2 Å². The van der Waals surface area contributed by atoms with Gasteiger partial charge in [0.2, 0.25) is 5.91 Å². The number of para-hydroxylation sites is 1. The SMILES string of the molecule is CCOc1ccccc1CN(C)C(=O)COC. The molecule has 1 aromatic carbocycles. The summed E-state index contributed by atoms with van der Waals surface area (Å²) in [6, 6.07) is 7.73. The third-order valence-corrected chi connectivity index (χ3v) is 2.37. The second-order valence-electron chi connectivity index (χ2n) is 3.72. The molecular weight excluding hydrogens is 218 g/mol. The molecule has 1 rings (SSSR count). The Labute approximate surface area is 102 Å². The molecule has 0 aliphatic heterocycles. The van der Waals surface area contributed by atoms with Crippen LogP contribution in [0, 0.1) is 0 Å². The van der Waals surface area contributed by atoms with Gasteiger partial charge in [-0.3, -0.25) is 4.79 Å². The molecule has 0 heterocycles. The predicted molar refractivity (Wildman–Crippen MR) is 66.0 cm³/mol. The maximum atomic E-state index is 11.6. The van der Waals surface area contributed by atoms with Crippen molar-refractivity contribution in [2.45, 2.75) is 13.5 Å². The molecule has 0 aliphatic rings. The molecule has 0 radical (unpaired) electrons. The number of carbonyl (C=O) groups excluding carboxylic acids is 1. The van der Waals surface area contributed by atoms with E-state index in [1.54, 1.807) is 11.9 Å². The molecule has 0 atom stereocenters. The molecule has 0 fully saturated rings. The van der Waals surface area contributed by atoms with Crippen molar-refractivity contribution in [3.63, 3.8) is 0 Å². The smallest absolute Gasteiger partial charge is 0.248 e. The Hall–Kier alpha value is -1.55. The lowest BCUT2D eigenvalue weighted by Gasteiger charge is -2.18. The highest BCUT2D eigenvalue weighted by Gasteiger charge is 2.11. The highest BCUT2D eigenvalue weighted by Crippen LogP contribution is 2.19.